The summed E-state index contributed by atoms with van der Waals surface area (Å²) in [5.41, 5.74) is 1.53. The minimum atomic E-state index is -0.709. The van der Waals surface area contributed by atoms with Gasteiger partial charge in [-0.2, -0.15) is 0 Å². The molecule has 1 aliphatic heterocycles. The maximum Gasteiger partial charge on any atom is 0.104 e. The molecule has 17 heavy (non-hydrogen) atoms. The van der Waals surface area contributed by atoms with Crippen LogP contribution in [0.4, 0.5) is 0 Å². The van der Waals surface area contributed by atoms with E-state index in [1.807, 2.05) is 19.2 Å². The highest BCUT2D eigenvalue weighted by molar-refractivity contribution is 5.84. The van der Waals surface area contributed by atoms with Gasteiger partial charge in [-0.25, -0.2) is 0 Å². The van der Waals surface area contributed by atoms with Gasteiger partial charge in [-0.3, -0.25) is 0 Å². The summed E-state index contributed by atoms with van der Waals surface area (Å²) in [5, 5.41) is 15.2. The van der Waals surface area contributed by atoms with Crippen LogP contribution in [0.25, 0.3) is 10.9 Å². The molecular formula is C14H18N2O. The molecule has 3 heteroatoms. The molecule has 0 spiro atoms. The molecule has 1 fully saturated rings. The van der Waals surface area contributed by atoms with Crippen molar-refractivity contribution in [1.82, 2.24) is 9.88 Å². The van der Waals surface area contributed by atoms with Gasteiger partial charge in [-0.1, -0.05) is 18.2 Å². The van der Waals surface area contributed by atoms with Crippen LogP contribution >= 0.6 is 0 Å². The van der Waals surface area contributed by atoms with Crippen molar-refractivity contribution in [3.63, 3.8) is 0 Å². The van der Waals surface area contributed by atoms with Crippen LogP contribution in [0, 0.1) is 0 Å². The molecule has 3 rings (SSSR count). The van der Waals surface area contributed by atoms with E-state index >= 15 is 0 Å². The molecule has 1 aromatic carbocycles. The van der Waals surface area contributed by atoms with Crippen molar-refractivity contribution in [2.75, 3.05) is 13.1 Å². The molecule has 0 aliphatic carbocycles. The number of fused-ring (bicyclic) bond motifs is 1. The molecule has 0 saturated carbocycles. The zero-order valence-electron chi connectivity index (χ0n) is 10.1. The molecule has 2 N–H and O–H groups in total. The maximum absolute atomic E-state index is 10.8. The van der Waals surface area contributed by atoms with E-state index in [2.05, 4.69) is 28.2 Å². The molecule has 0 amide bonds. The van der Waals surface area contributed by atoms with E-state index in [4.69, 9.17) is 0 Å². The van der Waals surface area contributed by atoms with Gasteiger partial charge in [0.25, 0.3) is 0 Å². The first-order chi connectivity index (χ1) is 8.21. The monoisotopic (exact) mass is 230 g/mol. The van der Waals surface area contributed by atoms with Gasteiger partial charge in [0.1, 0.15) is 5.60 Å². The quantitative estimate of drug-likeness (QED) is 0.783. The molecule has 2 heterocycles. The Hall–Kier alpha value is -1.32. The summed E-state index contributed by atoms with van der Waals surface area (Å²) in [6.45, 7) is 1.66. The molecule has 90 valence electrons. The standard InChI is InChI=1S/C14H18N2O/c1-16-9-12(11-5-2-3-6-13(11)16)14(17)7-4-8-15-10-14/h2-3,5-6,9,15,17H,4,7-8,10H2,1H3. The third-order valence-electron chi connectivity index (χ3n) is 3.76. The topological polar surface area (TPSA) is 37.2 Å². The maximum atomic E-state index is 10.8. The molecule has 0 bridgehead atoms. The summed E-state index contributed by atoms with van der Waals surface area (Å²) in [6.07, 6.45) is 3.94. The lowest BCUT2D eigenvalue weighted by molar-refractivity contribution is 0.0136. The van der Waals surface area contributed by atoms with Crippen LogP contribution in [0.5, 0.6) is 0 Å². The summed E-state index contributed by atoms with van der Waals surface area (Å²) in [7, 11) is 2.03. The van der Waals surface area contributed by atoms with Gasteiger partial charge >= 0.3 is 0 Å². The molecule has 1 atom stereocenters. The van der Waals surface area contributed by atoms with Crippen molar-refractivity contribution in [2.24, 2.45) is 7.05 Å². The number of nitrogens with zero attached hydrogens (tertiary/aromatic N) is 1. The Morgan fingerprint density at radius 1 is 1.35 bits per heavy atom. The average molecular weight is 230 g/mol. The predicted octanol–water partition coefficient (Wildman–Crippen LogP) is 1.75. The van der Waals surface area contributed by atoms with Crippen molar-refractivity contribution in [3.8, 4) is 0 Å². The fourth-order valence-electron chi connectivity index (χ4n) is 2.83. The van der Waals surface area contributed by atoms with Crippen LogP contribution in [0.3, 0.4) is 0 Å². The summed E-state index contributed by atoms with van der Waals surface area (Å²) in [6, 6.07) is 8.26. The highest BCUT2D eigenvalue weighted by atomic mass is 16.3. The van der Waals surface area contributed by atoms with Gasteiger partial charge in [0, 0.05) is 36.3 Å². The number of rotatable bonds is 1. The molecule has 0 radical (unpaired) electrons. The molecular weight excluding hydrogens is 212 g/mol. The minimum Gasteiger partial charge on any atom is -0.384 e. The molecule has 1 aromatic heterocycles. The normalized spacial score (nSPS) is 25.3. The van der Waals surface area contributed by atoms with Crippen molar-refractivity contribution in [2.45, 2.75) is 18.4 Å². The lowest BCUT2D eigenvalue weighted by Crippen LogP contribution is -2.43. The highest BCUT2D eigenvalue weighted by Crippen LogP contribution is 2.34. The Labute approximate surface area is 101 Å². The van der Waals surface area contributed by atoms with Crippen LogP contribution < -0.4 is 5.32 Å². The van der Waals surface area contributed by atoms with Gasteiger partial charge in [-0.15, -0.1) is 0 Å². The first-order valence-electron chi connectivity index (χ1n) is 6.18. The molecule has 1 unspecified atom stereocenters. The molecule has 2 aromatic rings. The summed E-state index contributed by atoms with van der Waals surface area (Å²) in [4.78, 5) is 0. The number of aromatic nitrogens is 1. The first kappa shape index (κ1) is 10.8. The fourth-order valence-corrected chi connectivity index (χ4v) is 2.83. The van der Waals surface area contributed by atoms with E-state index in [0.29, 0.717) is 6.54 Å². The Kier molecular flexibility index (Phi) is 2.45. The van der Waals surface area contributed by atoms with Gasteiger partial charge in [0.15, 0.2) is 0 Å². The third kappa shape index (κ3) is 1.66. The third-order valence-corrected chi connectivity index (χ3v) is 3.76. The SMILES string of the molecule is Cn1cc(C2(O)CCCNC2)c2ccccc21. The van der Waals surface area contributed by atoms with Crippen molar-refractivity contribution in [3.05, 3.63) is 36.0 Å². The van der Waals surface area contributed by atoms with Crippen molar-refractivity contribution >= 4 is 10.9 Å². The van der Waals surface area contributed by atoms with E-state index in [1.54, 1.807) is 0 Å². The zero-order chi connectivity index (χ0) is 11.9. The van der Waals surface area contributed by atoms with E-state index in [1.165, 1.54) is 10.9 Å². The van der Waals surface area contributed by atoms with Crippen molar-refractivity contribution < 1.29 is 5.11 Å². The van der Waals surface area contributed by atoms with E-state index in [0.717, 1.165) is 24.9 Å². The van der Waals surface area contributed by atoms with E-state index in [9.17, 15) is 5.11 Å². The van der Waals surface area contributed by atoms with E-state index < -0.39 is 5.60 Å². The number of β-amino-alcohol motifs (C(OH)–C–C–N with tert-alkyl or cyclic N) is 1. The smallest absolute Gasteiger partial charge is 0.104 e. The largest absolute Gasteiger partial charge is 0.384 e. The van der Waals surface area contributed by atoms with Crippen LogP contribution in [-0.2, 0) is 12.6 Å². The lowest BCUT2D eigenvalue weighted by Gasteiger charge is -2.32. The second-order valence-corrected chi connectivity index (χ2v) is 4.98. The Bertz CT molecular complexity index is 538. The minimum absolute atomic E-state index is 0.654. The number of piperidine rings is 1. The second-order valence-electron chi connectivity index (χ2n) is 4.98. The fraction of sp³-hybridized carbons (Fsp3) is 0.429. The van der Waals surface area contributed by atoms with Gasteiger partial charge in [0.05, 0.1) is 0 Å². The van der Waals surface area contributed by atoms with Crippen LogP contribution in [0.2, 0.25) is 0 Å². The zero-order valence-corrected chi connectivity index (χ0v) is 10.1. The average Bonchev–Trinajstić information content (AvgIpc) is 2.69. The number of para-hydroxylation sites is 1. The van der Waals surface area contributed by atoms with Crippen LogP contribution in [-0.4, -0.2) is 22.8 Å². The number of aryl methyl sites for hydroxylation is 1. The Morgan fingerprint density at radius 3 is 2.94 bits per heavy atom. The first-order valence-corrected chi connectivity index (χ1v) is 6.18. The Balaban J connectivity index is 2.16. The second kappa shape index (κ2) is 3.86. The molecule has 1 aliphatic rings. The number of hydrogen-bond donors (Lipinski definition) is 2. The number of aliphatic hydroxyl groups is 1. The number of benzene rings is 1. The van der Waals surface area contributed by atoms with Crippen LogP contribution in [0.15, 0.2) is 30.5 Å². The summed E-state index contributed by atoms with van der Waals surface area (Å²) < 4.78 is 2.09. The molecule has 3 nitrogen and oxygen atoms in total. The number of nitrogens with one attached hydrogen (secondary N) is 1. The van der Waals surface area contributed by atoms with Gasteiger partial charge < -0.3 is 15.0 Å². The molecule has 1 saturated heterocycles. The predicted molar refractivity (Wildman–Crippen MR) is 68.9 cm³/mol. The summed E-state index contributed by atoms with van der Waals surface area (Å²) >= 11 is 0. The lowest BCUT2D eigenvalue weighted by atomic mass is 9.86. The van der Waals surface area contributed by atoms with E-state index in [-0.39, 0.29) is 0 Å². The van der Waals surface area contributed by atoms with Gasteiger partial charge in [0.2, 0.25) is 0 Å². The highest BCUT2D eigenvalue weighted by Gasteiger charge is 2.33. The summed E-state index contributed by atoms with van der Waals surface area (Å²) in [5.74, 6) is 0. The van der Waals surface area contributed by atoms with Crippen molar-refractivity contribution in [1.29, 1.82) is 0 Å². The van der Waals surface area contributed by atoms with Gasteiger partial charge in [-0.05, 0) is 25.5 Å². The Morgan fingerprint density at radius 2 is 2.18 bits per heavy atom. The number of hydrogen-bond acceptors (Lipinski definition) is 2. The van der Waals surface area contributed by atoms with Crippen LogP contribution in [0.1, 0.15) is 18.4 Å².